The van der Waals surface area contributed by atoms with Gasteiger partial charge in [-0.15, -0.1) is 11.3 Å². The number of nitrogens with one attached hydrogen (secondary N) is 1. The SMILES string of the molecule is CCN(Cc1cccs1)C(C)C(=O)Nc1ccc(C)cc1Br. The molecule has 1 N–H and O–H groups in total. The maximum atomic E-state index is 12.5. The van der Waals surface area contributed by atoms with E-state index in [4.69, 9.17) is 0 Å². The Balaban J connectivity index is 2.03. The molecule has 1 aromatic heterocycles. The summed E-state index contributed by atoms with van der Waals surface area (Å²) in [6.07, 6.45) is 0. The zero-order valence-corrected chi connectivity index (χ0v) is 15.5. The topological polar surface area (TPSA) is 32.3 Å². The Morgan fingerprint density at radius 3 is 2.77 bits per heavy atom. The number of anilines is 1. The lowest BCUT2D eigenvalue weighted by Gasteiger charge is -2.26. The van der Waals surface area contributed by atoms with E-state index in [1.165, 1.54) is 4.88 Å². The van der Waals surface area contributed by atoms with Gasteiger partial charge in [0.1, 0.15) is 0 Å². The van der Waals surface area contributed by atoms with Crippen LogP contribution in [0.15, 0.2) is 40.2 Å². The van der Waals surface area contributed by atoms with E-state index in [1.807, 2.05) is 38.1 Å². The maximum Gasteiger partial charge on any atom is 0.241 e. The molecule has 0 spiro atoms. The Kier molecular flexibility index (Phi) is 6.17. The number of thiophene rings is 1. The molecule has 0 aliphatic carbocycles. The van der Waals surface area contributed by atoms with Crippen LogP contribution in [0.25, 0.3) is 0 Å². The molecule has 0 aliphatic rings. The zero-order chi connectivity index (χ0) is 16.1. The molecular weight excluding hydrogens is 360 g/mol. The average molecular weight is 381 g/mol. The highest BCUT2D eigenvalue weighted by atomic mass is 79.9. The van der Waals surface area contributed by atoms with Crippen molar-refractivity contribution in [1.82, 2.24) is 4.90 Å². The number of halogens is 1. The van der Waals surface area contributed by atoms with Crippen molar-refractivity contribution in [1.29, 1.82) is 0 Å². The van der Waals surface area contributed by atoms with Crippen LogP contribution in [0.3, 0.4) is 0 Å². The summed E-state index contributed by atoms with van der Waals surface area (Å²) in [7, 11) is 0. The molecule has 0 saturated carbocycles. The fraction of sp³-hybridized carbons (Fsp3) is 0.353. The number of hydrogen-bond donors (Lipinski definition) is 1. The summed E-state index contributed by atoms with van der Waals surface area (Å²) in [5.41, 5.74) is 1.97. The smallest absolute Gasteiger partial charge is 0.241 e. The molecule has 5 heteroatoms. The lowest BCUT2D eigenvalue weighted by atomic mass is 10.2. The van der Waals surface area contributed by atoms with Gasteiger partial charge in [0.15, 0.2) is 0 Å². The molecule has 1 aromatic carbocycles. The number of aryl methyl sites for hydroxylation is 1. The van der Waals surface area contributed by atoms with Gasteiger partial charge in [0, 0.05) is 15.9 Å². The van der Waals surface area contributed by atoms with Crippen LogP contribution in [0.4, 0.5) is 5.69 Å². The van der Waals surface area contributed by atoms with Crippen LogP contribution in [0.1, 0.15) is 24.3 Å². The molecular formula is C17H21BrN2OS. The van der Waals surface area contributed by atoms with Crippen molar-refractivity contribution in [3.8, 4) is 0 Å². The third-order valence-corrected chi connectivity index (χ3v) is 5.17. The molecule has 0 saturated heterocycles. The van der Waals surface area contributed by atoms with Crippen LogP contribution in [-0.4, -0.2) is 23.4 Å². The summed E-state index contributed by atoms with van der Waals surface area (Å²) in [5, 5.41) is 5.07. The maximum absolute atomic E-state index is 12.5. The van der Waals surface area contributed by atoms with Crippen LogP contribution in [0.5, 0.6) is 0 Å². The second-order valence-corrected chi connectivity index (χ2v) is 7.18. The number of carbonyl (C=O) groups excluding carboxylic acids is 1. The Morgan fingerprint density at radius 1 is 1.41 bits per heavy atom. The molecule has 1 heterocycles. The second kappa shape index (κ2) is 7.90. The van der Waals surface area contributed by atoms with Crippen molar-refractivity contribution in [2.45, 2.75) is 33.4 Å². The highest BCUT2D eigenvalue weighted by Gasteiger charge is 2.21. The molecule has 2 aromatic rings. The molecule has 0 fully saturated rings. The minimum absolute atomic E-state index is 0.0166. The third kappa shape index (κ3) is 4.41. The van der Waals surface area contributed by atoms with E-state index >= 15 is 0 Å². The van der Waals surface area contributed by atoms with Gasteiger partial charge in [0.05, 0.1) is 11.7 Å². The molecule has 118 valence electrons. The first kappa shape index (κ1) is 17.2. The second-order valence-electron chi connectivity index (χ2n) is 5.29. The summed E-state index contributed by atoms with van der Waals surface area (Å²) in [5.74, 6) is 0.0166. The van der Waals surface area contributed by atoms with Gasteiger partial charge in [0.2, 0.25) is 5.91 Å². The van der Waals surface area contributed by atoms with Crippen LogP contribution in [-0.2, 0) is 11.3 Å². The summed E-state index contributed by atoms with van der Waals surface area (Å²) in [6.45, 7) is 7.70. The first-order valence-corrected chi connectivity index (χ1v) is 9.02. The van der Waals surface area contributed by atoms with Crippen LogP contribution < -0.4 is 5.32 Å². The Labute approximate surface area is 144 Å². The highest BCUT2D eigenvalue weighted by molar-refractivity contribution is 9.10. The molecule has 0 radical (unpaired) electrons. The molecule has 3 nitrogen and oxygen atoms in total. The van der Waals surface area contributed by atoms with Gasteiger partial charge in [-0.05, 0) is 65.5 Å². The fourth-order valence-electron chi connectivity index (χ4n) is 2.25. The number of amides is 1. The fourth-order valence-corrected chi connectivity index (χ4v) is 3.57. The average Bonchev–Trinajstić information content (AvgIpc) is 3.00. The normalized spacial score (nSPS) is 12.4. The quantitative estimate of drug-likeness (QED) is 0.789. The predicted octanol–water partition coefficient (Wildman–Crippen LogP) is 4.67. The molecule has 0 bridgehead atoms. The van der Waals surface area contributed by atoms with E-state index in [2.05, 4.69) is 44.5 Å². The van der Waals surface area contributed by atoms with Gasteiger partial charge in [-0.1, -0.05) is 19.1 Å². The van der Waals surface area contributed by atoms with E-state index in [0.717, 1.165) is 28.8 Å². The van der Waals surface area contributed by atoms with Crippen LogP contribution in [0, 0.1) is 6.92 Å². The molecule has 22 heavy (non-hydrogen) atoms. The van der Waals surface area contributed by atoms with Gasteiger partial charge < -0.3 is 5.32 Å². The predicted molar refractivity (Wildman–Crippen MR) is 97.4 cm³/mol. The van der Waals surface area contributed by atoms with Gasteiger partial charge in [-0.3, -0.25) is 9.69 Å². The van der Waals surface area contributed by atoms with E-state index in [-0.39, 0.29) is 11.9 Å². The monoisotopic (exact) mass is 380 g/mol. The van der Waals surface area contributed by atoms with Crippen molar-refractivity contribution in [2.75, 3.05) is 11.9 Å². The number of hydrogen-bond acceptors (Lipinski definition) is 3. The first-order valence-electron chi connectivity index (χ1n) is 7.34. The Bertz CT molecular complexity index is 628. The third-order valence-electron chi connectivity index (χ3n) is 3.65. The molecule has 1 unspecified atom stereocenters. The van der Waals surface area contributed by atoms with E-state index in [1.54, 1.807) is 11.3 Å². The van der Waals surface area contributed by atoms with E-state index in [0.29, 0.717) is 0 Å². The minimum Gasteiger partial charge on any atom is -0.324 e. The first-order chi connectivity index (χ1) is 10.5. The van der Waals surface area contributed by atoms with Gasteiger partial charge in [0.25, 0.3) is 0 Å². The number of rotatable bonds is 6. The van der Waals surface area contributed by atoms with Gasteiger partial charge in [-0.25, -0.2) is 0 Å². The number of likely N-dealkylation sites (N-methyl/N-ethyl adjacent to an activating group) is 1. The van der Waals surface area contributed by atoms with Gasteiger partial charge in [-0.2, -0.15) is 0 Å². The largest absolute Gasteiger partial charge is 0.324 e. The van der Waals surface area contributed by atoms with Crippen LogP contribution in [0.2, 0.25) is 0 Å². The van der Waals surface area contributed by atoms with Crippen molar-refractivity contribution in [3.05, 3.63) is 50.6 Å². The van der Waals surface area contributed by atoms with Gasteiger partial charge >= 0.3 is 0 Å². The van der Waals surface area contributed by atoms with Crippen molar-refractivity contribution < 1.29 is 4.79 Å². The van der Waals surface area contributed by atoms with Crippen molar-refractivity contribution in [3.63, 3.8) is 0 Å². The number of carbonyl (C=O) groups is 1. The molecule has 1 amide bonds. The molecule has 0 aliphatic heterocycles. The van der Waals surface area contributed by atoms with Crippen LogP contribution >= 0.6 is 27.3 Å². The molecule has 2 rings (SSSR count). The standard InChI is InChI=1S/C17H21BrN2OS/c1-4-20(11-14-6-5-9-22-14)13(3)17(21)19-16-8-7-12(2)10-15(16)18/h5-10,13H,4,11H2,1-3H3,(H,19,21). The summed E-state index contributed by atoms with van der Waals surface area (Å²) >= 11 is 5.22. The van der Waals surface area contributed by atoms with Crippen molar-refractivity contribution in [2.24, 2.45) is 0 Å². The lowest BCUT2D eigenvalue weighted by molar-refractivity contribution is -0.120. The summed E-state index contributed by atoms with van der Waals surface area (Å²) < 4.78 is 0.911. The number of benzene rings is 1. The molecule has 1 atom stereocenters. The number of nitrogens with zero attached hydrogens (tertiary/aromatic N) is 1. The summed E-state index contributed by atoms with van der Waals surface area (Å²) in [6, 6.07) is 9.90. The van der Waals surface area contributed by atoms with E-state index < -0.39 is 0 Å². The van der Waals surface area contributed by atoms with Crippen molar-refractivity contribution >= 4 is 38.9 Å². The minimum atomic E-state index is -0.180. The lowest BCUT2D eigenvalue weighted by Crippen LogP contribution is -2.41. The summed E-state index contributed by atoms with van der Waals surface area (Å²) in [4.78, 5) is 16.0. The highest BCUT2D eigenvalue weighted by Crippen LogP contribution is 2.24. The zero-order valence-electron chi connectivity index (χ0n) is 13.1. The Hall–Kier alpha value is -1.17. The Morgan fingerprint density at radius 2 is 2.18 bits per heavy atom. The van der Waals surface area contributed by atoms with E-state index in [9.17, 15) is 4.79 Å².